The first-order valence-electron chi connectivity index (χ1n) is 9.26. The summed E-state index contributed by atoms with van der Waals surface area (Å²) in [5.74, 6) is -0.606. The molecule has 0 aliphatic rings. The van der Waals surface area contributed by atoms with Crippen LogP contribution in [0.5, 0.6) is 0 Å². The Morgan fingerprint density at radius 2 is 1.94 bits per heavy atom. The van der Waals surface area contributed by atoms with Gasteiger partial charge in [-0.15, -0.1) is 11.3 Å². The number of nitrogens with two attached hydrogens (primary N) is 1. The predicted octanol–water partition coefficient (Wildman–Crippen LogP) is 4.18. The quantitative estimate of drug-likeness (QED) is 0.311. The van der Waals surface area contributed by atoms with Crippen LogP contribution in [0.25, 0.3) is 21.3 Å². The van der Waals surface area contributed by atoms with Gasteiger partial charge in [-0.2, -0.15) is 0 Å². The molecule has 0 atom stereocenters. The van der Waals surface area contributed by atoms with Crippen LogP contribution in [0.1, 0.15) is 5.56 Å². The molecule has 2 aromatic heterocycles. The fourth-order valence-corrected chi connectivity index (χ4v) is 5.72. The number of aromatic nitrogens is 2. The number of amides is 1. The topological polar surface area (TPSA) is 115 Å². The second-order valence-electron chi connectivity index (χ2n) is 6.88. The van der Waals surface area contributed by atoms with Gasteiger partial charge in [-0.1, -0.05) is 30.0 Å². The summed E-state index contributed by atoms with van der Waals surface area (Å²) in [6, 6.07) is 10.7. The first kappa shape index (κ1) is 22.3. The summed E-state index contributed by atoms with van der Waals surface area (Å²) in [6.07, 6.45) is 1.44. The molecule has 0 saturated carbocycles. The van der Waals surface area contributed by atoms with Crippen LogP contribution < -0.4 is 10.5 Å². The van der Waals surface area contributed by atoms with Crippen molar-refractivity contribution in [1.82, 2.24) is 9.97 Å². The number of nitrogens with zero attached hydrogens (tertiary/aromatic N) is 2. The molecule has 0 saturated heterocycles. The third kappa shape index (κ3) is 4.80. The first-order chi connectivity index (χ1) is 15.2. The van der Waals surface area contributed by atoms with Gasteiger partial charge in [0.25, 0.3) is 0 Å². The third-order valence-corrected chi connectivity index (χ3v) is 7.54. The molecule has 0 aliphatic carbocycles. The Bertz CT molecular complexity index is 1420. The Balaban J connectivity index is 1.54. The highest BCUT2D eigenvalue weighted by Gasteiger charge is 2.16. The van der Waals surface area contributed by atoms with Crippen molar-refractivity contribution in [2.45, 2.75) is 16.8 Å². The average molecular weight is 489 g/mol. The van der Waals surface area contributed by atoms with Crippen LogP contribution in [-0.4, -0.2) is 30.0 Å². The minimum atomic E-state index is -3.89. The first-order valence-corrected chi connectivity index (χ1v) is 12.7. The maximum absolute atomic E-state index is 13.3. The lowest BCUT2D eigenvalue weighted by molar-refractivity contribution is -0.113. The summed E-state index contributed by atoms with van der Waals surface area (Å²) in [4.78, 5) is 21.8. The number of hydrogen-bond acceptors (Lipinski definition) is 7. The van der Waals surface area contributed by atoms with Gasteiger partial charge in [0.15, 0.2) is 0 Å². The highest BCUT2D eigenvalue weighted by Crippen LogP contribution is 2.37. The molecule has 164 valence electrons. The largest absolute Gasteiger partial charge is 0.325 e. The van der Waals surface area contributed by atoms with Gasteiger partial charge in [0.1, 0.15) is 22.0 Å². The van der Waals surface area contributed by atoms with Gasteiger partial charge < -0.3 is 5.32 Å². The van der Waals surface area contributed by atoms with Crippen LogP contribution in [0, 0.1) is 12.7 Å². The molecule has 3 N–H and O–H groups in total. The Hall–Kier alpha value is -2.86. The van der Waals surface area contributed by atoms with Crippen LogP contribution >= 0.6 is 23.1 Å². The molecule has 4 aromatic rings. The molecule has 32 heavy (non-hydrogen) atoms. The zero-order valence-electron chi connectivity index (χ0n) is 16.7. The smallest absolute Gasteiger partial charge is 0.238 e. The number of rotatable bonds is 6. The van der Waals surface area contributed by atoms with Crippen LogP contribution in [0.15, 0.2) is 64.1 Å². The molecule has 2 heterocycles. The molecule has 0 spiro atoms. The van der Waals surface area contributed by atoms with Gasteiger partial charge in [-0.3, -0.25) is 4.79 Å². The van der Waals surface area contributed by atoms with Crippen molar-refractivity contribution in [2.24, 2.45) is 5.14 Å². The molecule has 0 bridgehead atoms. The van der Waals surface area contributed by atoms with Gasteiger partial charge >= 0.3 is 0 Å². The van der Waals surface area contributed by atoms with E-state index in [2.05, 4.69) is 15.3 Å². The van der Waals surface area contributed by atoms with E-state index in [1.165, 1.54) is 47.6 Å². The summed E-state index contributed by atoms with van der Waals surface area (Å²) in [6.45, 7) is 1.63. The van der Waals surface area contributed by atoms with Crippen molar-refractivity contribution in [1.29, 1.82) is 0 Å². The van der Waals surface area contributed by atoms with E-state index in [0.717, 1.165) is 21.3 Å². The number of nitrogens with one attached hydrogen (secondary N) is 1. The summed E-state index contributed by atoms with van der Waals surface area (Å²) < 4.78 is 36.7. The predicted molar refractivity (Wildman–Crippen MR) is 125 cm³/mol. The molecule has 0 fully saturated rings. The summed E-state index contributed by atoms with van der Waals surface area (Å²) in [7, 11) is -3.89. The van der Waals surface area contributed by atoms with Crippen molar-refractivity contribution < 1.29 is 17.6 Å². The lowest BCUT2D eigenvalue weighted by Gasteiger charge is -2.09. The minimum absolute atomic E-state index is 0.0392. The molecule has 0 unspecified atom stereocenters. The van der Waals surface area contributed by atoms with E-state index in [0.29, 0.717) is 16.3 Å². The summed E-state index contributed by atoms with van der Waals surface area (Å²) >= 11 is 2.68. The van der Waals surface area contributed by atoms with Gasteiger partial charge in [0.05, 0.1) is 16.0 Å². The number of anilines is 1. The normalized spacial score (nSPS) is 11.6. The van der Waals surface area contributed by atoms with Gasteiger partial charge in [0, 0.05) is 16.6 Å². The molecule has 0 radical (unpaired) electrons. The molecule has 2 aromatic carbocycles. The van der Waals surface area contributed by atoms with E-state index in [-0.39, 0.29) is 22.4 Å². The van der Waals surface area contributed by atoms with E-state index in [1.807, 2.05) is 5.38 Å². The van der Waals surface area contributed by atoms with Crippen molar-refractivity contribution in [3.05, 3.63) is 65.6 Å². The highest BCUT2D eigenvalue weighted by molar-refractivity contribution is 8.00. The Labute approximate surface area is 192 Å². The number of primary sulfonamides is 1. The lowest BCUT2D eigenvalue weighted by Crippen LogP contribution is -2.17. The summed E-state index contributed by atoms with van der Waals surface area (Å²) in [5, 5.41) is 11.3. The van der Waals surface area contributed by atoms with Crippen molar-refractivity contribution in [2.75, 3.05) is 11.1 Å². The zero-order valence-corrected chi connectivity index (χ0v) is 19.2. The fraction of sp³-hybridized carbons (Fsp3) is 0.0952. The number of carbonyl (C=O) groups is 1. The lowest BCUT2D eigenvalue weighted by atomic mass is 10.1. The monoisotopic (exact) mass is 488 g/mol. The van der Waals surface area contributed by atoms with E-state index in [4.69, 9.17) is 5.14 Å². The Morgan fingerprint density at radius 1 is 1.19 bits per heavy atom. The second kappa shape index (κ2) is 8.94. The van der Waals surface area contributed by atoms with Gasteiger partial charge in [-0.25, -0.2) is 27.9 Å². The van der Waals surface area contributed by atoms with Crippen LogP contribution in [0.4, 0.5) is 10.1 Å². The number of sulfonamides is 1. The van der Waals surface area contributed by atoms with Crippen molar-refractivity contribution in [3.63, 3.8) is 0 Å². The standard InChI is InChI=1S/C21H17FN4O3S3/c1-12-2-7-15(8-17(12)32(23,28)29)26-18(27)10-31-21-19-16(9-30-20(19)24-11-25-21)13-3-5-14(22)6-4-13/h2-9,11H,10H2,1H3,(H,26,27)(H2,23,28,29). The fourth-order valence-electron chi connectivity index (χ4n) is 3.11. The van der Waals surface area contributed by atoms with Crippen LogP contribution in [0.3, 0.4) is 0 Å². The van der Waals surface area contributed by atoms with Crippen LogP contribution in [-0.2, 0) is 14.8 Å². The van der Waals surface area contributed by atoms with E-state index in [9.17, 15) is 17.6 Å². The minimum Gasteiger partial charge on any atom is -0.325 e. The number of hydrogen-bond donors (Lipinski definition) is 2. The molecule has 1 amide bonds. The number of fused-ring (bicyclic) bond motifs is 1. The molecular weight excluding hydrogens is 471 g/mol. The van der Waals surface area contributed by atoms with Gasteiger partial charge in [0.2, 0.25) is 15.9 Å². The second-order valence-corrected chi connectivity index (χ2v) is 10.2. The van der Waals surface area contributed by atoms with E-state index < -0.39 is 10.0 Å². The maximum Gasteiger partial charge on any atom is 0.238 e. The van der Waals surface area contributed by atoms with Crippen molar-refractivity contribution >= 4 is 54.9 Å². The Kier molecular flexibility index (Phi) is 6.24. The summed E-state index contributed by atoms with van der Waals surface area (Å²) in [5.41, 5.74) is 2.52. The molecule has 0 aliphatic heterocycles. The zero-order chi connectivity index (χ0) is 22.9. The number of carbonyl (C=O) groups excluding carboxylic acids is 1. The SMILES string of the molecule is Cc1ccc(NC(=O)CSc2ncnc3scc(-c4ccc(F)cc4)c23)cc1S(N)(=O)=O. The van der Waals surface area contributed by atoms with E-state index in [1.54, 1.807) is 31.2 Å². The number of thioether (sulfide) groups is 1. The molecule has 4 rings (SSSR count). The molecular formula is C21H17FN4O3S3. The van der Waals surface area contributed by atoms with E-state index >= 15 is 0 Å². The number of thiophene rings is 1. The maximum atomic E-state index is 13.3. The molecule has 7 nitrogen and oxygen atoms in total. The number of aryl methyl sites for hydroxylation is 1. The molecule has 11 heteroatoms. The number of halogens is 1. The highest BCUT2D eigenvalue weighted by atomic mass is 32.2. The van der Waals surface area contributed by atoms with Gasteiger partial charge in [-0.05, 0) is 42.3 Å². The average Bonchev–Trinajstić information content (AvgIpc) is 3.18. The van der Waals surface area contributed by atoms with Crippen LogP contribution in [0.2, 0.25) is 0 Å². The number of benzene rings is 2. The third-order valence-electron chi connectivity index (χ3n) is 4.61. The van der Waals surface area contributed by atoms with Crippen molar-refractivity contribution in [3.8, 4) is 11.1 Å². The Morgan fingerprint density at radius 3 is 2.66 bits per heavy atom.